The number of hydrogen-bond acceptors (Lipinski definition) is 9. The van der Waals surface area contributed by atoms with E-state index in [1.165, 1.54) is 17.0 Å². The van der Waals surface area contributed by atoms with E-state index in [1.807, 2.05) is 19.1 Å². The molecule has 3 aliphatic rings. The number of morpholine rings is 1. The molecule has 0 bridgehead atoms. The van der Waals surface area contributed by atoms with E-state index in [-0.39, 0.29) is 43.6 Å². The summed E-state index contributed by atoms with van der Waals surface area (Å²) in [5.74, 6) is -1.09. The van der Waals surface area contributed by atoms with Crippen LogP contribution in [0.1, 0.15) is 60.4 Å². The first-order chi connectivity index (χ1) is 21.7. The molecule has 0 unspecified atom stereocenters. The highest BCUT2D eigenvalue weighted by molar-refractivity contribution is 7.98. The molecule has 9 nitrogen and oxygen atoms in total. The van der Waals surface area contributed by atoms with E-state index in [9.17, 15) is 14.4 Å². The first-order valence-corrected chi connectivity index (χ1v) is 16.3. The van der Waals surface area contributed by atoms with Gasteiger partial charge in [0.2, 0.25) is 5.78 Å². The topological polar surface area (TPSA) is 117 Å². The van der Waals surface area contributed by atoms with E-state index < -0.39 is 24.0 Å². The summed E-state index contributed by atoms with van der Waals surface area (Å²) in [4.78, 5) is 41.3. The third kappa shape index (κ3) is 8.14. The number of nitrogens with zero attached hydrogens (tertiary/aromatic N) is 1. The van der Waals surface area contributed by atoms with Crippen LogP contribution in [0.15, 0.2) is 53.1 Å². The largest absolute Gasteiger partial charge is 0.508 e. The maximum atomic E-state index is 15.1. The molecule has 1 saturated carbocycles. The molecule has 2 aliphatic heterocycles. The fourth-order valence-electron chi connectivity index (χ4n) is 5.31. The molecule has 5 rings (SSSR count). The van der Waals surface area contributed by atoms with E-state index in [0.717, 1.165) is 46.9 Å². The molecule has 240 valence electrons. The van der Waals surface area contributed by atoms with Gasteiger partial charge in [-0.25, -0.2) is 9.18 Å². The number of halogens is 1. The lowest BCUT2D eigenvalue weighted by atomic mass is 9.91. The van der Waals surface area contributed by atoms with Crippen molar-refractivity contribution in [2.24, 2.45) is 5.73 Å². The van der Waals surface area contributed by atoms with Gasteiger partial charge >= 0.3 is 6.16 Å². The number of carbonyl (C=O) groups excluding carboxylic acids is 3. The third-order valence-corrected chi connectivity index (χ3v) is 9.36. The Morgan fingerprint density at radius 1 is 1.13 bits per heavy atom. The highest BCUT2D eigenvalue weighted by Crippen LogP contribution is 2.42. The number of hydrogen-bond donors (Lipinski definition) is 1. The Morgan fingerprint density at radius 2 is 1.89 bits per heavy atom. The molecular formula is C34H39FN2O7S. The molecule has 45 heavy (non-hydrogen) atoms. The van der Waals surface area contributed by atoms with Gasteiger partial charge in [-0.1, -0.05) is 37.6 Å². The third-order valence-electron chi connectivity index (χ3n) is 8.22. The summed E-state index contributed by atoms with van der Waals surface area (Å²) in [6, 6.07) is 9.51. The number of nitrogens with two attached hydrogens (primary N) is 1. The van der Waals surface area contributed by atoms with Gasteiger partial charge in [-0.05, 0) is 78.6 Å². The Balaban J connectivity index is 1.35. The van der Waals surface area contributed by atoms with E-state index in [2.05, 4.69) is 12.1 Å². The number of allylic oxidation sites excluding steroid dienone is 1. The van der Waals surface area contributed by atoms with Crippen LogP contribution < -0.4 is 5.73 Å². The summed E-state index contributed by atoms with van der Waals surface area (Å²) in [5, 5.41) is 0. The van der Waals surface area contributed by atoms with Crippen molar-refractivity contribution < 1.29 is 37.7 Å². The molecule has 1 saturated heterocycles. The SMILES string of the molecule is CCCCOC(=O)OCCO/C(=C\C(=O)N1CC2(CC2)OC[C@H]1N)C(=O)/C=C/c1cc(F)c(C)c2c1Cc1ccccc1SC2. The average molecular weight is 639 g/mol. The Morgan fingerprint density at radius 3 is 2.67 bits per heavy atom. The van der Waals surface area contributed by atoms with Crippen LogP contribution >= 0.6 is 11.8 Å². The van der Waals surface area contributed by atoms with Crippen molar-refractivity contribution in [1.82, 2.24) is 4.90 Å². The van der Waals surface area contributed by atoms with Crippen molar-refractivity contribution in [1.29, 1.82) is 0 Å². The quantitative estimate of drug-likeness (QED) is 0.149. The van der Waals surface area contributed by atoms with Crippen LogP contribution in [0.4, 0.5) is 9.18 Å². The van der Waals surface area contributed by atoms with Crippen molar-refractivity contribution in [3.63, 3.8) is 0 Å². The summed E-state index contributed by atoms with van der Waals surface area (Å²) in [6.45, 7) is 4.12. The van der Waals surface area contributed by atoms with Crippen molar-refractivity contribution in [3.8, 4) is 0 Å². The number of ether oxygens (including phenoxy) is 4. The minimum Gasteiger partial charge on any atom is -0.486 e. The van der Waals surface area contributed by atoms with Gasteiger partial charge in [-0.3, -0.25) is 9.59 Å². The zero-order valence-corrected chi connectivity index (χ0v) is 26.5. The molecule has 1 aliphatic carbocycles. The number of rotatable bonds is 11. The lowest BCUT2D eigenvalue weighted by Crippen LogP contribution is -2.57. The minimum absolute atomic E-state index is 0.191. The zero-order valence-electron chi connectivity index (χ0n) is 25.6. The molecule has 2 fully saturated rings. The predicted octanol–water partition coefficient (Wildman–Crippen LogP) is 5.44. The summed E-state index contributed by atoms with van der Waals surface area (Å²) in [6.07, 6.45) is 6.28. The number of amides is 1. The highest BCUT2D eigenvalue weighted by atomic mass is 32.2. The number of carbonyl (C=O) groups is 3. The van der Waals surface area contributed by atoms with Crippen molar-refractivity contribution in [2.75, 3.05) is 33.0 Å². The van der Waals surface area contributed by atoms with Crippen LogP contribution in [0, 0.1) is 12.7 Å². The second kappa shape index (κ2) is 14.6. The van der Waals surface area contributed by atoms with E-state index in [0.29, 0.717) is 36.3 Å². The summed E-state index contributed by atoms with van der Waals surface area (Å²) in [7, 11) is 0. The molecule has 0 radical (unpaired) electrons. The Hall–Kier alpha value is -3.67. The van der Waals surface area contributed by atoms with E-state index in [4.69, 9.17) is 24.7 Å². The van der Waals surface area contributed by atoms with Gasteiger partial charge in [0.25, 0.3) is 5.91 Å². The number of fused-ring (bicyclic) bond motifs is 2. The first kappa shape index (κ1) is 32.7. The van der Waals surface area contributed by atoms with Crippen LogP contribution in [0.2, 0.25) is 0 Å². The maximum absolute atomic E-state index is 15.1. The zero-order chi connectivity index (χ0) is 32.0. The summed E-state index contributed by atoms with van der Waals surface area (Å²) < 4.78 is 36.6. The number of unbranched alkanes of at least 4 members (excludes halogenated alkanes) is 1. The van der Waals surface area contributed by atoms with Gasteiger partial charge in [-0.15, -0.1) is 11.8 Å². The Kier molecular flexibility index (Phi) is 10.6. The second-order valence-corrected chi connectivity index (χ2v) is 12.5. The minimum atomic E-state index is -0.837. The lowest BCUT2D eigenvalue weighted by Gasteiger charge is -2.37. The number of thioether (sulfide) groups is 1. The van der Waals surface area contributed by atoms with Crippen LogP contribution in [0.5, 0.6) is 0 Å². The second-order valence-electron chi connectivity index (χ2n) is 11.5. The van der Waals surface area contributed by atoms with Crippen molar-refractivity contribution in [3.05, 3.63) is 81.9 Å². The Bertz CT molecular complexity index is 1500. The molecular weight excluding hydrogens is 599 g/mol. The molecule has 11 heteroatoms. The van der Waals surface area contributed by atoms with Crippen LogP contribution in [-0.4, -0.2) is 67.5 Å². The standard InChI is InChI=1S/C34H39FN2O7S/c1-3-4-13-42-33(40)43-15-14-41-29(18-32(39)37-21-34(11-12-34)44-19-31(37)36)28(38)10-9-23-17-27(35)22(2)26-20-45-30-8-6-5-7-24(30)16-25(23)26/h5-10,17-18,31H,3-4,11-16,19-21,36H2,1-2H3/b10-9+,29-18-/t31-/m0/s1. The van der Waals surface area contributed by atoms with Gasteiger partial charge in [0, 0.05) is 16.7 Å². The number of ketones is 1. The Labute approximate surface area is 266 Å². The van der Waals surface area contributed by atoms with E-state index >= 15 is 4.39 Å². The summed E-state index contributed by atoms with van der Waals surface area (Å²) >= 11 is 1.66. The molecule has 2 aromatic rings. The van der Waals surface area contributed by atoms with Gasteiger partial charge in [-0.2, -0.15) is 0 Å². The molecule has 1 spiro atoms. The highest BCUT2D eigenvalue weighted by Gasteiger charge is 2.50. The predicted molar refractivity (Wildman–Crippen MR) is 168 cm³/mol. The molecule has 1 amide bonds. The average Bonchev–Trinajstić information content (AvgIpc) is 3.82. The lowest BCUT2D eigenvalue weighted by molar-refractivity contribution is -0.142. The summed E-state index contributed by atoms with van der Waals surface area (Å²) in [5.41, 5.74) is 9.94. The fraction of sp³-hybridized carbons (Fsp3) is 0.441. The van der Waals surface area contributed by atoms with Gasteiger partial charge in [0.05, 0.1) is 25.4 Å². The maximum Gasteiger partial charge on any atom is 0.508 e. The smallest absolute Gasteiger partial charge is 0.486 e. The van der Waals surface area contributed by atoms with Gasteiger partial charge < -0.3 is 29.6 Å². The van der Waals surface area contributed by atoms with Crippen molar-refractivity contribution in [2.45, 2.75) is 68.4 Å². The van der Waals surface area contributed by atoms with E-state index in [1.54, 1.807) is 24.8 Å². The first-order valence-electron chi connectivity index (χ1n) is 15.3. The molecule has 2 N–H and O–H groups in total. The van der Waals surface area contributed by atoms with Crippen LogP contribution in [0.25, 0.3) is 6.08 Å². The molecule has 1 atom stereocenters. The van der Waals surface area contributed by atoms with Gasteiger partial charge in [0.15, 0.2) is 5.76 Å². The normalized spacial score (nSPS) is 18.6. The monoisotopic (exact) mass is 638 g/mol. The van der Waals surface area contributed by atoms with Crippen molar-refractivity contribution >= 4 is 35.7 Å². The van der Waals surface area contributed by atoms with Crippen LogP contribution in [0.3, 0.4) is 0 Å². The van der Waals surface area contributed by atoms with Crippen LogP contribution in [-0.2, 0) is 40.7 Å². The number of benzene rings is 2. The molecule has 2 heterocycles. The van der Waals surface area contributed by atoms with Gasteiger partial charge in [0.1, 0.15) is 25.2 Å². The molecule has 0 aromatic heterocycles. The fourth-order valence-corrected chi connectivity index (χ4v) is 6.50. The molecule has 2 aromatic carbocycles.